The third-order valence-corrected chi connectivity index (χ3v) is 4.99. The zero-order valence-electron chi connectivity index (χ0n) is 11.9. The van der Waals surface area contributed by atoms with Crippen LogP contribution in [0.25, 0.3) is 0 Å². The summed E-state index contributed by atoms with van der Waals surface area (Å²) in [6.07, 6.45) is 2.32. The molecule has 0 amide bonds. The molecule has 2 aromatic rings. The molecule has 0 saturated heterocycles. The Balaban J connectivity index is 1.79. The number of rotatable bonds is 5. The highest BCUT2D eigenvalue weighted by atomic mass is 35.5. The Bertz CT molecular complexity index is 687. The van der Waals surface area contributed by atoms with Gasteiger partial charge in [0.2, 0.25) is 0 Å². The van der Waals surface area contributed by atoms with Crippen LogP contribution in [0.4, 0.5) is 0 Å². The number of hydrogen-bond donors (Lipinski definition) is 0. The molecule has 3 nitrogen and oxygen atoms in total. The smallest absolute Gasteiger partial charge is 0.348 e. The van der Waals surface area contributed by atoms with E-state index in [2.05, 4.69) is 0 Å². The van der Waals surface area contributed by atoms with E-state index < -0.39 is 0 Å². The van der Waals surface area contributed by atoms with Gasteiger partial charge in [-0.1, -0.05) is 23.2 Å². The summed E-state index contributed by atoms with van der Waals surface area (Å²) in [5.74, 6) is 0.854. The highest BCUT2D eigenvalue weighted by Crippen LogP contribution is 2.44. The minimum absolute atomic E-state index is 0.302. The first kappa shape index (κ1) is 15.7. The second kappa shape index (κ2) is 6.49. The van der Waals surface area contributed by atoms with Gasteiger partial charge in [0, 0.05) is 14.9 Å². The molecule has 1 heterocycles. The maximum absolute atomic E-state index is 11.7. The SMILES string of the molecule is COC(=O)c1cc(C2CC2)c(COc2cc(Cl)cc(Cl)c2)s1. The molecule has 1 aromatic heterocycles. The molecule has 22 heavy (non-hydrogen) atoms. The van der Waals surface area contributed by atoms with Crippen molar-refractivity contribution in [2.75, 3.05) is 7.11 Å². The molecule has 1 aliphatic carbocycles. The van der Waals surface area contributed by atoms with E-state index in [9.17, 15) is 4.79 Å². The van der Waals surface area contributed by atoms with Crippen LogP contribution in [0.15, 0.2) is 24.3 Å². The first-order valence-corrected chi connectivity index (χ1v) is 8.44. The fraction of sp³-hybridized carbons (Fsp3) is 0.312. The van der Waals surface area contributed by atoms with Gasteiger partial charge < -0.3 is 9.47 Å². The molecular formula is C16H14Cl2O3S. The molecule has 116 valence electrons. The summed E-state index contributed by atoms with van der Waals surface area (Å²) in [7, 11) is 1.39. The van der Waals surface area contributed by atoms with Crippen LogP contribution in [0.5, 0.6) is 5.75 Å². The van der Waals surface area contributed by atoms with Crippen molar-refractivity contribution in [3.63, 3.8) is 0 Å². The van der Waals surface area contributed by atoms with Crippen LogP contribution in [0.3, 0.4) is 0 Å². The fourth-order valence-electron chi connectivity index (χ4n) is 2.26. The highest BCUT2D eigenvalue weighted by Gasteiger charge is 2.29. The number of thiophene rings is 1. The van der Waals surface area contributed by atoms with Gasteiger partial charge in [-0.05, 0) is 48.6 Å². The number of methoxy groups -OCH3 is 1. The zero-order valence-corrected chi connectivity index (χ0v) is 14.2. The first-order chi connectivity index (χ1) is 10.6. The van der Waals surface area contributed by atoms with Gasteiger partial charge >= 0.3 is 5.97 Å². The van der Waals surface area contributed by atoms with E-state index in [0.29, 0.717) is 33.2 Å². The molecule has 0 N–H and O–H groups in total. The number of ether oxygens (including phenoxy) is 2. The average Bonchev–Trinajstić information content (AvgIpc) is 3.23. The van der Waals surface area contributed by atoms with Crippen molar-refractivity contribution in [3.8, 4) is 5.75 Å². The predicted octanol–water partition coefficient (Wildman–Crippen LogP) is 5.30. The Morgan fingerprint density at radius 1 is 1.23 bits per heavy atom. The molecule has 1 fully saturated rings. The molecule has 1 aromatic carbocycles. The lowest BCUT2D eigenvalue weighted by molar-refractivity contribution is 0.0606. The quantitative estimate of drug-likeness (QED) is 0.682. The van der Waals surface area contributed by atoms with Crippen LogP contribution in [-0.2, 0) is 11.3 Å². The standard InChI is InChI=1S/C16H14Cl2O3S/c1-20-16(19)14-7-13(9-2-3-9)15(22-14)8-21-12-5-10(17)4-11(18)6-12/h4-7,9H,2-3,8H2,1H3. The summed E-state index contributed by atoms with van der Waals surface area (Å²) < 4.78 is 10.6. The van der Waals surface area contributed by atoms with Crippen LogP contribution in [0.2, 0.25) is 10.0 Å². The molecule has 0 radical (unpaired) electrons. The summed E-state index contributed by atoms with van der Waals surface area (Å²) in [6, 6.07) is 7.03. The van der Waals surface area contributed by atoms with Crippen molar-refractivity contribution >= 4 is 40.5 Å². The van der Waals surface area contributed by atoms with Crippen molar-refractivity contribution in [3.05, 3.63) is 49.6 Å². The van der Waals surface area contributed by atoms with Gasteiger partial charge in [0.15, 0.2) is 0 Å². The van der Waals surface area contributed by atoms with Gasteiger partial charge in [-0.25, -0.2) is 4.79 Å². The third kappa shape index (κ3) is 3.57. The largest absolute Gasteiger partial charge is 0.488 e. The van der Waals surface area contributed by atoms with Gasteiger partial charge in [-0.15, -0.1) is 11.3 Å². The van der Waals surface area contributed by atoms with Gasteiger partial charge in [0.25, 0.3) is 0 Å². The second-order valence-corrected chi connectivity index (χ2v) is 7.16. The zero-order chi connectivity index (χ0) is 15.7. The first-order valence-electron chi connectivity index (χ1n) is 6.86. The van der Waals surface area contributed by atoms with Crippen molar-refractivity contribution in [1.82, 2.24) is 0 Å². The van der Waals surface area contributed by atoms with E-state index in [-0.39, 0.29) is 5.97 Å². The average molecular weight is 357 g/mol. The van der Waals surface area contributed by atoms with Crippen LogP contribution in [0, 0.1) is 0 Å². The van der Waals surface area contributed by atoms with Gasteiger partial charge in [0.05, 0.1) is 7.11 Å². The van der Waals surface area contributed by atoms with Crippen LogP contribution in [-0.4, -0.2) is 13.1 Å². The molecular weight excluding hydrogens is 343 g/mol. The Hall–Kier alpha value is -1.23. The predicted molar refractivity (Wildman–Crippen MR) is 88.4 cm³/mol. The van der Waals surface area contributed by atoms with E-state index >= 15 is 0 Å². The molecule has 1 aliphatic rings. The van der Waals surface area contributed by atoms with E-state index in [1.165, 1.54) is 24.0 Å². The fourth-order valence-corrected chi connectivity index (χ4v) is 3.84. The number of halogens is 2. The topological polar surface area (TPSA) is 35.5 Å². The summed E-state index contributed by atoms with van der Waals surface area (Å²) >= 11 is 13.4. The van der Waals surface area contributed by atoms with Crippen LogP contribution >= 0.6 is 34.5 Å². The molecule has 0 spiro atoms. The number of hydrogen-bond acceptors (Lipinski definition) is 4. The lowest BCUT2D eigenvalue weighted by Gasteiger charge is -2.07. The summed E-state index contributed by atoms with van der Waals surface area (Å²) in [5.41, 5.74) is 1.19. The van der Waals surface area contributed by atoms with Crippen molar-refractivity contribution in [1.29, 1.82) is 0 Å². The lowest BCUT2D eigenvalue weighted by atomic mass is 10.1. The van der Waals surface area contributed by atoms with Gasteiger partial charge in [0.1, 0.15) is 17.2 Å². The Morgan fingerprint density at radius 2 is 1.91 bits per heavy atom. The van der Waals surface area contributed by atoms with E-state index in [1.807, 2.05) is 6.07 Å². The van der Waals surface area contributed by atoms with Crippen molar-refractivity contribution in [2.45, 2.75) is 25.4 Å². The number of benzene rings is 1. The lowest BCUT2D eigenvalue weighted by Crippen LogP contribution is -1.97. The Morgan fingerprint density at radius 3 is 2.50 bits per heavy atom. The second-order valence-electron chi connectivity index (χ2n) is 5.15. The monoisotopic (exact) mass is 356 g/mol. The molecule has 6 heteroatoms. The molecule has 1 saturated carbocycles. The van der Waals surface area contributed by atoms with Crippen LogP contribution in [0.1, 0.15) is 38.9 Å². The van der Waals surface area contributed by atoms with Crippen LogP contribution < -0.4 is 4.74 Å². The maximum atomic E-state index is 11.7. The normalized spacial score (nSPS) is 14.0. The minimum atomic E-state index is -0.302. The Labute approximate surface area is 142 Å². The van der Waals surface area contributed by atoms with Crippen molar-refractivity contribution < 1.29 is 14.3 Å². The van der Waals surface area contributed by atoms with Crippen molar-refractivity contribution in [2.24, 2.45) is 0 Å². The van der Waals surface area contributed by atoms with E-state index in [0.717, 1.165) is 17.7 Å². The van der Waals surface area contributed by atoms with Gasteiger partial charge in [-0.2, -0.15) is 0 Å². The number of carbonyl (C=O) groups is 1. The van der Waals surface area contributed by atoms with E-state index in [1.54, 1.807) is 18.2 Å². The van der Waals surface area contributed by atoms with E-state index in [4.69, 9.17) is 32.7 Å². The maximum Gasteiger partial charge on any atom is 0.348 e. The molecule has 0 aliphatic heterocycles. The number of esters is 1. The summed E-state index contributed by atoms with van der Waals surface area (Å²) in [4.78, 5) is 13.4. The highest BCUT2D eigenvalue weighted by molar-refractivity contribution is 7.14. The summed E-state index contributed by atoms with van der Waals surface area (Å²) in [6.45, 7) is 0.393. The molecule has 0 unspecified atom stereocenters. The Kier molecular flexibility index (Phi) is 4.62. The van der Waals surface area contributed by atoms with Gasteiger partial charge in [-0.3, -0.25) is 0 Å². The minimum Gasteiger partial charge on any atom is -0.488 e. The number of carbonyl (C=O) groups excluding carboxylic acids is 1. The summed E-state index contributed by atoms with van der Waals surface area (Å²) in [5, 5.41) is 1.07. The molecule has 0 bridgehead atoms. The third-order valence-electron chi connectivity index (χ3n) is 3.45. The molecule has 0 atom stereocenters. The molecule has 3 rings (SSSR count).